The highest BCUT2D eigenvalue weighted by Crippen LogP contribution is 2.31. The number of nitrogens with zero attached hydrogens (tertiary/aromatic N) is 4. The number of aryl methyl sites for hydroxylation is 1. The van der Waals surface area contributed by atoms with E-state index in [9.17, 15) is 4.79 Å². The second-order valence-electron chi connectivity index (χ2n) is 6.09. The molecule has 7 nitrogen and oxygen atoms in total. The Morgan fingerprint density at radius 2 is 2.26 bits per heavy atom. The minimum Gasteiger partial charge on any atom is -0.360 e. The van der Waals surface area contributed by atoms with Gasteiger partial charge in [-0.25, -0.2) is 0 Å². The number of thiophene rings is 1. The summed E-state index contributed by atoms with van der Waals surface area (Å²) in [5, 5.41) is 17.9. The Morgan fingerprint density at radius 3 is 2.89 bits per heavy atom. The summed E-state index contributed by atoms with van der Waals surface area (Å²) in [6.07, 6.45) is 2.74. The van der Waals surface area contributed by atoms with Gasteiger partial charge in [-0.2, -0.15) is 0 Å². The van der Waals surface area contributed by atoms with Crippen LogP contribution in [0.3, 0.4) is 0 Å². The summed E-state index contributed by atoms with van der Waals surface area (Å²) in [6.45, 7) is 6.71. The lowest BCUT2D eigenvalue weighted by Gasteiger charge is -2.15. The first-order valence-electron chi connectivity index (χ1n) is 9.00. The molecule has 0 aliphatic rings. The van der Waals surface area contributed by atoms with Gasteiger partial charge in [-0.15, -0.1) is 21.5 Å². The second kappa shape index (κ2) is 9.18. The Morgan fingerprint density at radius 1 is 1.41 bits per heavy atom. The van der Waals surface area contributed by atoms with Crippen molar-refractivity contribution in [2.45, 2.75) is 57.0 Å². The van der Waals surface area contributed by atoms with Crippen LogP contribution in [-0.4, -0.2) is 31.1 Å². The molecular weight excluding hydrogens is 382 g/mol. The maximum absolute atomic E-state index is 12.8. The van der Waals surface area contributed by atoms with E-state index in [2.05, 4.69) is 39.1 Å². The normalized spacial score (nSPS) is 12.3. The van der Waals surface area contributed by atoms with Crippen LogP contribution in [0.5, 0.6) is 0 Å². The fraction of sp³-hybridized carbons (Fsp3) is 0.444. The number of aromatic nitrogens is 4. The summed E-state index contributed by atoms with van der Waals surface area (Å²) in [6, 6.07) is 5.74. The van der Waals surface area contributed by atoms with E-state index in [1.807, 2.05) is 17.5 Å². The van der Waals surface area contributed by atoms with Gasteiger partial charge in [0.1, 0.15) is 5.76 Å². The first-order chi connectivity index (χ1) is 13.1. The molecule has 0 aliphatic heterocycles. The molecular formula is C18H23N5O2S2. The highest BCUT2D eigenvalue weighted by molar-refractivity contribution is 8.00. The standard InChI is InChI=1S/C18H23N5O2S2/c1-4-6-8-14(17(24)19-15-11-12(3)25-22-15)27-18-21-20-16(23(18)5-2)13-9-7-10-26-13/h7,9-11,14H,4-6,8H2,1-3H3,(H,19,22,24). The molecule has 3 aromatic heterocycles. The Hall–Kier alpha value is -2.13. The summed E-state index contributed by atoms with van der Waals surface area (Å²) in [7, 11) is 0. The third kappa shape index (κ3) is 4.78. The summed E-state index contributed by atoms with van der Waals surface area (Å²) in [5.41, 5.74) is 0. The van der Waals surface area contributed by atoms with Crippen LogP contribution in [-0.2, 0) is 11.3 Å². The van der Waals surface area contributed by atoms with Gasteiger partial charge in [-0.1, -0.05) is 42.8 Å². The zero-order chi connectivity index (χ0) is 19.2. The van der Waals surface area contributed by atoms with Gasteiger partial charge >= 0.3 is 0 Å². The zero-order valence-corrected chi connectivity index (χ0v) is 17.3. The number of carbonyl (C=O) groups excluding carboxylic acids is 1. The van der Waals surface area contributed by atoms with Crippen molar-refractivity contribution in [3.05, 3.63) is 29.3 Å². The number of nitrogens with one attached hydrogen (secondary N) is 1. The van der Waals surface area contributed by atoms with Crippen LogP contribution >= 0.6 is 23.1 Å². The minimum absolute atomic E-state index is 0.0925. The van der Waals surface area contributed by atoms with Crippen molar-refractivity contribution in [1.29, 1.82) is 0 Å². The van der Waals surface area contributed by atoms with Crippen molar-refractivity contribution in [3.63, 3.8) is 0 Å². The Bertz CT molecular complexity index is 872. The average Bonchev–Trinajstić information content (AvgIpc) is 3.39. The number of thioether (sulfide) groups is 1. The topological polar surface area (TPSA) is 85.8 Å². The lowest BCUT2D eigenvalue weighted by molar-refractivity contribution is -0.115. The van der Waals surface area contributed by atoms with Crippen molar-refractivity contribution in [3.8, 4) is 10.7 Å². The summed E-state index contributed by atoms with van der Waals surface area (Å²) in [4.78, 5) is 13.9. The van der Waals surface area contributed by atoms with Crippen molar-refractivity contribution in [2.24, 2.45) is 0 Å². The minimum atomic E-state index is -0.271. The molecule has 1 unspecified atom stereocenters. The molecule has 0 spiro atoms. The molecule has 9 heteroatoms. The van der Waals surface area contributed by atoms with Crippen molar-refractivity contribution >= 4 is 34.8 Å². The molecule has 0 fully saturated rings. The number of unbranched alkanes of at least 4 members (excludes halogenated alkanes) is 1. The maximum atomic E-state index is 12.8. The van der Waals surface area contributed by atoms with E-state index >= 15 is 0 Å². The number of anilines is 1. The first-order valence-corrected chi connectivity index (χ1v) is 10.8. The molecule has 1 amide bonds. The third-order valence-electron chi connectivity index (χ3n) is 4.01. The van der Waals surface area contributed by atoms with Gasteiger partial charge in [0.2, 0.25) is 5.91 Å². The van der Waals surface area contributed by atoms with Crippen LogP contribution in [0.25, 0.3) is 10.7 Å². The number of carbonyl (C=O) groups is 1. The third-order valence-corrected chi connectivity index (χ3v) is 6.13. The van der Waals surface area contributed by atoms with Crippen molar-refractivity contribution in [2.75, 3.05) is 5.32 Å². The Labute approximate surface area is 166 Å². The fourth-order valence-electron chi connectivity index (χ4n) is 2.64. The molecule has 1 atom stereocenters. The Kier molecular flexibility index (Phi) is 6.68. The van der Waals surface area contributed by atoms with E-state index in [1.54, 1.807) is 24.3 Å². The van der Waals surface area contributed by atoms with Gasteiger partial charge in [-0.05, 0) is 31.7 Å². The van der Waals surface area contributed by atoms with Crippen LogP contribution < -0.4 is 5.32 Å². The average molecular weight is 406 g/mol. The van der Waals surface area contributed by atoms with Crippen molar-refractivity contribution < 1.29 is 9.32 Å². The quantitative estimate of drug-likeness (QED) is 0.523. The number of amides is 1. The molecule has 3 aromatic rings. The molecule has 0 radical (unpaired) electrons. The summed E-state index contributed by atoms with van der Waals surface area (Å²) < 4.78 is 7.09. The van der Waals surface area contributed by atoms with E-state index in [0.717, 1.165) is 41.7 Å². The Balaban J connectivity index is 1.78. The summed E-state index contributed by atoms with van der Waals surface area (Å²) in [5.74, 6) is 1.85. The van der Waals surface area contributed by atoms with Gasteiger partial charge in [0.15, 0.2) is 16.8 Å². The lowest BCUT2D eigenvalue weighted by atomic mass is 10.2. The highest BCUT2D eigenvalue weighted by Gasteiger charge is 2.24. The predicted molar refractivity (Wildman–Crippen MR) is 108 cm³/mol. The van der Waals surface area contributed by atoms with E-state index in [1.165, 1.54) is 11.8 Å². The van der Waals surface area contributed by atoms with Crippen LogP contribution in [0, 0.1) is 6.92 Å². The molecule has 0 saturated carbocycles. The lowest BCUT2D eigenvalue weighted by Crippen LogP contribution is -2.26. The van der Waals surface area contributed by atoms with Crippen LogP contribution in [0.2, 0.25) is 0 Å². The number of hydrogen-bond acceptors (Lipinski definition) is 7. The van der Waals surface area contributed by atoms with Gasteiger partial charge < -0.3 is 14.4 Å². The van der Waals surface area contributed by atoms with Crippen LogP contribution in [0.1, 0.15) is 38.9 Å². The molecule has 27 heavy (non-hydrogen) atoms. The fourth-order valence-corrected chi connectivity index (χ4v) is 4.49. The summed E-state index contributed by atoms with van der Waals surface area (Å²) >= 11 is 3.09. The largest absolute Gasteiger partial charge is 0.360 e. The second-order valence-corrected chi connectivity index (χ2v) is 8.21. The maximum Gasteiger partial charge on any atom is 0.239 e. The smallest absolute Gasteiger partial charge is 0.239 e. The number of hydrogen-bond donors (Lipinski definition) is 1. The molecule has 3 heterocycles. The van der Waals surface area contributed by atoms with E-state index in [4.69, 9.17) is 4.52 Å². The van der Waals surface area contributed by atoms with Gasteiger partial charge in [0.05, 0.1) is 10.1 Å². The molecule has 0 bridgehead atoms. The monoisotopic (exact) mass is 405 g/mol. The molecule has 0 saturated heterocycles. The van der Waals surface area contributed by atoms with Crippen LogP contribution in [0.15, 0.2) is 33.3 Å². The molecule has 0 aliphatic carbocycles. The predicted octanol–water partition coefficient (Wildman–Crippen LogP) is 4.61. The first kappa shape index (κ1) is 19.6. The van der Waals surface area contributed by atoms with E-state index in [0.29, 0.717) is 11.6 Å². The van der Waals surface area contributed by atoms with Gasteiger partial charge in [-0.3, -0.25) is 4.79 Å². The van der Waals surface area contributed by atoms with Gasteiger partial charge in [0, 0.05) is 12.6 Å². The SMILES string of the molecule is CCCCC(Sc1nnc(-c2cccs2)n1CC)C(=O)Nc1cc(C)on1. The highest BCUT2D eigenvalue weighted by atomic mass is 32.2. The van der Waals surface area contributed by atoms with Gasteiger partial charge in [0.25, 0.3) is 0 Å². The molecule has 3 rings (SSSR count). The molecule has 0 aromatic carbocycles. The van der Waals surface area contributed by atoms with Crippen molar-refractivity contribution in [1.82, 2.24) is 19.9 Å². The zero-order valence-electron chi connectivity index (χ0n) is 15.6. The van der Waals surface area contributed by atoms with E-state index < -0.39 is 0 Å². The van der Waals surface area contributed by atoms with E-state index in [-0.39, 0.29) is 11.2 Å². The molecule has 1 N–H and O–H groups in total. The molecule has 144 valence electrons. The van der Waals surface area contributed by atoms with Crippen LogP contribution in [0.4, 0.5) is 5.82 Å². The number of rotatable bonds is 9.